The predicted molar refractivity (Wildman–Crippen MR) is 111 cm³/mol. The summed E-state index contributed by atoms with van der Waals surface area (Å²) >= 11 is 6.35. The minimum Gasteiger partial charge on any atom is -0.349 e. The molecule has 0 radical (unpaired) electrons. The zero-order valence-electron chi connectivity index (χ0n) is 16.5. The highest BCUT2D eigenvalue weighted by Crippen LogP contribution is 2.49. The van der Waals surface area contributed by atoms with Gasteiger partial charge in [0.15, 0.2) is 0 Å². The molecule has 2 fully saturated rings. The molecule has 4 atom stereocenters. The van der Waals surface area contributed by atoms with Gasteiger partial charge in [-0.25, -0.2) is 5.10 Å². The summed E-state index contributed by atoms with van der Waals surface area (Å²) in [6.07, 6.45) is 5.17. The summed E-state index contributed by atoms with van der Waals surface area (Å²) in [6.45, 7) is 5.70. The third kappa shape index (κ3) is 3.37. The lowest BCUT2D eigenvalue weighted by atomic mass is 9.84. The average Bonchev–Trinajstić information content (AvgIpc) is 3.29. The van der Waals surface area contributed by atoms with E-state index in [1.165, 1.54) is 25.7 Å². The van der Waals surface area contributed by atoms with E-state index in [4.69, 9.17) is 11.6 Å². The van der Waals surface area contributed by atoms with Crippen molar-refractivity contribution in [1.82, 2.24) is 15.5 Å². The number of nitrogens with zero attached hydrogens (tertiary/aromatic N) is 1. The van der Waals surface area contributed by atoms with Crippen LogP contribution in [0, 0.1) is 31.6 Å². The number of carbonyl (C=O) groups is 1. The van der Waals surface area contributed by atoms with Gasteiger partial charge < -0.3 is 5.32 Å². The van der Waals surface area contributed by atoms with Crippen LogP contribution in [0.25, 0.3) is 11.1 Å². The van der Waals surface area contributed by atoms with Gasteiger partial charge in [0.2, 0.25) is 0 Å². The van der Waals surface area contributed by atoms with Gasteiger partial charge in [-0.3, -0.25) is 9.59 Å². The summed E-state index contributed by atoms with van der Waals surface area (Å²) in [6, 6.07) is 5.44. The minimum atomic E-state index is -0.230. The molecule has 0 spiro atoms. The number of aromatic nitrogens is 2. The van der Waals surface area contributed by atoms with Crippen LogP contribution in [0.1, 0.15) is 54.2 Å². The van der Waals surface area contributed by atoms with Crippen LogP contribution in [-0.2, 0) is 0 Å². The number of benzene rings is 1. The van der Waals surface area contributed by atoms with E-state index in [0.717, 1.165) is 23.0 Å². The molecule has 2 bridgehead atoms. The van der Waals surface area contributed by atoms with Crippen molar-refractivity contribution < 1.29 is 4.79 Å². The molecule has 2 saturated carbocycles. The third-order valence-corrected chi connectivity index (χ3v) is 7.03. The van der Waals surface area contributed by atoms with Crippen molar-refractivity contribution in [2.45, 2.75) is 52.5 Å². The molecule has 6 heteroatoms. The molecule has 2 aliphatic carbocycles. The lowest BCUT2D eigenvalue weighted by Gasteiger charge is -2.28. The molecule has 28 heavy (non-hydrogen) atoms. The van der Waals surface area contributed by atoms with Crippen molar-refractivity contribution >= 4 is 17.5 Å². The second kappa shape index (κ2) is 7.36. The number of aromatic amines is 1. The van der Waals surface area contributed by atoms with E-state index < -0.39 is 0 Å². The van der Waals surface area contributed by atoms with E-state index in [9.17, 15) is 9.59 Å². The summed E-state index contributed by atoms with van der Waals surface area (Å²) in [5.74, 6) is 1.99. The third-order valence-electron chi connectivity index (χ3n) is 6.70. The van der Waals surface area contributed by atoms with Crippen molar-refractivity contribution in [1.29, 1.82) is 0 Å². The van der Waals surface area contributed by atoms with E-state index in [1.807, 2.05) is 13.0 Å². The first-order valence-electron chi connectivity index (χ1n) is 10.0. The number of aryl methyl sites for hydroxylation is 1. The Bertz CT molecular complexity index is 984. The second-order valence-electron chi connectivity index (χ2n) is 8.43. The van der Waals surface area contributed by atoms with Gasteiger partial charge in [0.1, 0.15) is 0 Å². The minimum absolute atomic E-state index is 0.132. The van der Waals surface area contributed by atoms with Gasteiger partial charge in [0, 0.05) is 17.2 Å². The van der Waals surface area contributed by atoms with Gasteiger partial charge in [-0.1, -0.05) is 24.1 Å². The summed E-state index contributed by atoms with van der Waals surface area (Å²) in [4.78, 5) is 25.0. The number of carbonyl (C=O) groups excluding carboxylic acids is 1. The SMILES string of the molecule is Cc1n[nH]c(=O)c(C)c1-c1ccc(Cl)c(C(=O)N[C@@H](C)[C@H]2C[C@@H]3CC[C@@H]2C3)c1. The van der Waals surface area contributed by atoms with Gasteiger partial charge >= 0.3 is 0 Å². The van der Waals surface area contributed by atoms with Gasteiger partial charge in [-0.2, -0.15) is 5.10 Å². The zero-order chi connectivity index (χ0) is 20.0. The van der Waals surface area contributed by atoms with Gasteiger partial charge in [0.25, 0.3) is 11.5 Å². The highest BCUT2D eigenvalue weighted by Gasteiger charge is 2.42. The normalized spacial score (nSPS) is 24.4. The first kappa shape index (κ1) is 19.2. The highest BCUT2D eigenvalue weighted by molar-refractivity contribution is 6.34. The van der Waals surface area contributed by atoms with Gasteiger partial charge in [-0.05, 0) is 75.5 Å². The largest absolute Gasteiger partial charge is 0.349 e. The lowest BCUT2D eigenvalue weighted by Crippen LogP contribution is -2.40. The molecule has 1 aromatic carbocycles. The lowest BCUT2D eigenvalue weighted by molar-refractivity contribution is 0.0915. The molecule has 2 aromatic rings. The van der Waals surface area contributed by atoms with Crippen molar-refractivity contribution in [2.24, 2.45) is 17.8 Å². The number of H-pyrrole nitrogens is 1. The summed E-state index contributed by atoms with van der Waals surface area (Å²) < 4.78 is 0. The van der Waals surface area contributed by atoms with Crippen LogP contribution < -0.4 is 10.9 Å². The first-order chi connectivity index (χ1) is 13.3. The van der Waals surface area contributed by atoms with E-state index >= 15 is 0 Å². The maximum atomic E-state index is 13.0. The Morgan fingerprint density at radius 1 is 1.29 bits per heavy atom. The van der Waals surface area contributed by atoms with Crippen LogP contribution >= 0.6 is 11.6 Å². The number of amides is 1. The molecule has 1 heterocycles. The maximum absolute atomic E-state index is 13.0. The van der Waals surface area contributed by atoms with Crippen molar-refractivity contribution in [3.05, 3.63) is 50.4 Å². The van der Waals surface area contributed by atoms with Crippen LogP contribution in [0.15, 0.2) is 23.0 Å². The predicted octanol–water partition coefficient (Wildman–Crippen LogP) is 4.26. The number of nitrogens with one attached hydrogen (secondary N) is 2. The monoisotopic (exact) mass is 399 g/mol. The maximum Gasteiger partial charge on any atom is 0.267 e. The topological polar surface area (TPSA) is 74.8 Å². The Morgan fingerprint density at radius 2 is 2.07 bits per heavy atom. The Hall–Kier alpha value is -2.14. The van der Waals surface area contributed by atoms with Crippen LogP contribution in [0.5, 0.6) is 0 Å². The number of hydrogen-bond donors (Lipinski definition) is 2. The number of halogens is 1. The highest BCUT2D eigenvalue weighted by atomic mass is 35.5. The standard InChI is InChI=1S/C22H26ClN3O2/c1-11-20(13(3)25-26-21(11)27)16-6-7-19(23)18(10-16)22(28)24-12(2)17-9-14-4-5-15(17)8-14/h6-7,10,12,14-15,17H,4-5,8-9H2,1-3H3,(H,24,28)(H,26,27)/t12-,14+,15+,17+/m0/s1. The van der Waals surface area contributed by atoms with E-state index in [-0.39, 0.29) is 17.5 Å². The molecule has 5 nitrogen and oxygen atoms in total. The molecule has 1 aromatic heterocycles. The van der Waals surface area contributed by atoms with Crippen LogP contribution in [-0.4, -0.2) is 22.1 Å². The number of rotatable bonds is 4. The van der Waals surface area contributed by atoms with Gasteiger partial charge in [0.05, 0.1) is 16.3 Å². The molecular formula is C22H26ClN3O2. The van der Waals surface area contributed by atoms with E-state index in [0.29, 0.717) is 27.8 Å². The van der Waals surface area contributed by atoms with Crippen LogP contribution in [0.3, 0.4) is 0 Å². The van der Waals surface area contributed by atoms with Crippen LogP contribution in [0.2, 0.25) is 5.02 Å². The molecule has 0 saturated heterocycles. The van der Waals surface area contributed by atoms with E-state index in [1.54, 1.807) is 19.1 Å². The number of hydrogen-bond acceptors (Lipinski definition) is 3. The fraction of sp³-hybridized carbons (Fsp3) is 0.500. The fourth-order valence-corrected chi connectivity index (χ4v) is 5.44. The van der Waals surface area contributed by atoms with Crippen molar-refractivity contribution in [3.8, 4) is 11.1 Å². The average molecular weight is 400 g/mol. The fourth-order valence-electron chi connectivity index (χ4n) is 5.24. The summed E-state index contributed by atoms with van der Waals surface area (Å²) in [7, 11) is 0. The van der Waals surface area contributed by atoms with Crippen molar-refractivity contribution in [3.63, 3.8) is 0 Å². The smallest absolute Gasteiger partial charge is 0.267 e. The Kier molecular flexibility index (Phi) is 5.04. The first-order valence-corrected chi connectivity index (χ1v) is 10.4. The molecule has 2 aliphatic rings. The number of fused-ring (bicyclic) bond motifs is 2. The molecule has 0 unspecified atom stereocenters. The molecular weight excluding hydrogens is 374 g/mol. The van der Waals surface area contributed by atoms with E-state index in [2.05, 4.69) is 22.4 Å². The van der Waals surface area contributed by atoms with Gasteiger partial charge in [-0.15, -0.1) is 0 Å². The molecule has 1 amide bonds. The molecule has 2 N–H and O–H groups in total. The zero-order valence-corrected chi connectivity index (χ0v) is 17.3. The van der Waals surface area contributed by atoms with Crippen LogP contribution in [0.4, 0.5) is 0 Å². The van der Waals surface area contributed by atoms with Crippen molar-refractivity contribution in [2.75, 3.05) is 0 Å². The summed E-state index contributed by atoms with van der Waals surface area (Å²) in [5.41, 5.74) is 3.02. The Labute approximate surface area is 169 Å². The molecule has 4 rings (SSSR count). The Morgan fingerprint density at radius 3 is 2.75 bits per heavy atom. The molecule has 148 valence electrons. The molecule has 0 aliphatic heterocycles. The second-order valence-corrected chi connectivity index (χ2v) is 8.84. The summed E-state index contributed by atoms with van der Waals surface area (Å²) in [5, 5.41) is 10.1. The Balaban J connectivity index is 1.60. The quantitative estimate of drug-likeness (QED) is 0.806.